The van der Waals surface area contributed by atoms with Crippen molar-refractivity contribution in [1.82, 2.24) is 25.2 Å². The first kappa shape index (κ1) is 19.6. The number of nitrogens with zero attached hydrogens (tertiary/aromatic N) is 5. The van der Waals surface area contributed by atoms with Crippen LogP contribution in [0.15, 0.2) is 36.7 Å². The van der Waals surface area contributed by atoms with Gasteiger partial charge in [0, 0.05) is 38.1 Å². The van der Waals surface area contributed by atoms with Crippen molar-refractivity contribution in [3.05, 3.63) is 42.4 Å². The van der Waals surface area contributed by atoms with Crippen LogP contribution in [0.2, 0.25) is 0 Å². The van der Waals surface area contributed by atoms with Crippen LogP contribution in [-0.4, -0.2) is 58.0 Å². The van der Waals surface area contributed by atoms with Crippen LogP contribution in [0.4, 0.5) is 11.8 Å². The lowest BCUT2D eigenvalue weighted by molar-refractivity contribution is -0.127. The average molecular weight is 396 g/mol. The van der Waals surface area contributed by atoms with Gasteiger partial charge >= 0.3 is 0 Å². The van der Waals surface area contributed by atoms with Gasteiger partial charge in [0.15, 0.2) is 0 Å². The molecule has 1 atom stereocenters. The zero-order valence-corrected chi connectivity index (χ0v) is 16.7. The van der Waals surface area contributed by atoms with E-state index < -0.39 is 0 Å². The van der Waals surface area contributed by atoms with Crippen molar-refractivity contribution in [2.45, 2.75) is 38.3 Å². The Morgan fingerprint density at radius 2 is 1.97 bits per heavy atom. The number of rotatable bonds is 5. The zero-order chi connectivity index (χ0) is 20.1. The van der Waals surface area contributed by atoms with E-state index >= 15 is 0 Å². The number of pyridine rings is 1. The van der Waals surface area contributed by atoms with Gasteiger partial charge in [-0.1, -0.05) is 6.07 Å². The average Bonchev–Trinajstić information content (AvgIpc) is 2.78. The van der Waals surface area contributed by atoms with Crippen molar-refractivity contribution in [2.24, 2.45) is 5.92 Å². The van der Waals surface area contributed by atoms with Crippen LogP contribution in [0.25, 0.3) is 0 Å². The van der Waals surface area contributed by atoms with Gasteiger partial charge in [-0.25, -0.2) is 4.98 Å². The Morgan fingerprint density at radius 1 is 1.10 bits per heavy atom. The van der Waals surface area contributed by atoms with Gasteiger partial charge in [-0.2, -0.15) is 4.98 Å². The summed E-state index contributed by atoms with van der Waals surface area (Å²) < 4.78 is 0. The van der Waals surface area contributed by atoms with E-state index in [9.17, 15) is 4.79 Å². The second-order valence-corrected chi connectivity index (χ2v) is 7.86. The molecule has 2 saturated heterocycles. The third kappa shape index (κ3) is 5.00. The molecule has 2 aliphatic rings. The molecule has 0 aromatic carbocycles. The Balaban J connectivity index is 1.27. The maximum atomic E-state index is 12.7. The van der Waals surface area contributed by atoms with Crippen molar-refractivity contribution in [3.63, 3.8) is 0 Å². The molecular formula is C21H29N7O. The Morgan fingerprint density at radius 3 is 2.72 bits per heavy atom. The van der Waals surface area contributed by atoms with Crippen LogP contribution in [0.3, 0.4) is 0 Å². The van der Waals surface area contributed by atoms with E-state index in [1.165, 1.54) is 0 Å². The maximum absolute atomic E-state index is 12.7. The molecule has 1 amide bonds. The third-order valence-corrected chi connectivity index (χ3v) is 5.96. The standard InChI is InChI=1S/C21H29N7O/c22-21-24-10-6-19(26-21)27-12-7-18(8-13-27)28-11-3-4-16(15-28)20(29)25-14-17-5-1-2-9-23-17/h1-2,5-6,9-10,16,18H,3-4,7-8,11-15H2,(H,25,29)(H2,22,24,26)/t16-/m0/s1. The second-order valence-electron chi connectivity index (χ2n) is 7.86. The molecule has 2 fully saturated rings. The van der Waals surface area contributed by atoms with E-state index in [4.69, 9.17) is 5.73 Å². The highest BCUT2D eigenvalue weighted by Crippen LogP contribution is 2.26. The highest BCUT2D eigenvalue weighted by Gasteiger charge is 2.31. The first-order valence-corrected chi connectivity index (χ1v) is 10.4. The Kier molecular flexibility index (Phi) is 6.19. The summed E-state index contributed by atoms with van der Waals surface area (Å²) in [6.45, 7) is 4.33. The van der Waals surface area contributed by atoms with Gasteiger partial charge < -0.3 is 16.0 Å². The minimum atomic E-state index is 0.0622. The van der Waals surface area contributed by atoms with Gasteiger partial charge in [-0.15, -0.1) is 0 Å². The summed E-state index contributed by atoms with van der Waals surface area (Å²) in [4.78, 5) is 30.0. The topological polar surface area (TPSA) is 100 Å². The molecule has 8 heteroatoms. The van der Waals surface area contributed by atoms with Crippen LogP contribution in [0, 0.1) is 5.92 Å². The van der Waals surface area contributed by atoms with Crippen molar-refractivity contribution < 1.29 is 4.79 Å². The fourth-order valence-corrected chi connectivity index (χ4v) is 4.38. The Labute approximate surface area is 171 Å². The van der Waals surface area contributed by atoms with Gasteiger partial charge in [0.1, 0.15) is 5.82 Å². The van der Waals surface area contributed by atoms with Gasteiger partial charge in [0.05, 0.1) is 18.2 Å². The van der Waals surface area contributed by atoms with Crippen LogP contribution >= 0.6 is 0 Å². The fraction of sp³-hybridized carbons (Fsp3) is 0.524. The number of carbonyl (C=O) groups excluding carboxylic acids is 1. The number of likely N-dealkylation sites (tertiary alicyclic amines) is 1. The quantitative estimate of drug-likeness (QED) is 0.790. The monoisotopic (exact) mass is 395 g/mol. The number of nitrogen functional groups attached to an aromatic ring is 1. The lowest BCUT2D eigenvalue weighted by Gasteiger charge is -2.42. The van der Waals surface area contributed by atoms with Crippen LogP contribution < -0.4 is 16.0 Å². The smallest absolute Gasteiger partial charge is 0.224 e. The number of hydrogen-bond acceptors (Lipinski definition) is 7. The van der Waals surface area contributed by atoms with Gasteiger partial charge in [-0.3, -0.25) is 14.7 Å². The summed E-state index contributed by atoms with van der Waals surface area (Å²) in [6, 6.07) is 8.21. The number of piperidine rings is 2. The molecule has 0 aliphatic carbocycles. The Bertz CT molecular complexity index is 808. The second kappa shape index (κ2) is 9.17. The number of aromatic nitrogens is 3. The SMILES string of the molecule is Nc1nccc(N2CCC(N3CCC[C@H](C(=O)NCc4ccccn4)C3)CC2)n1. The predicted molar refractivity (Wildman–Crippen MR) is 112 cm³/mol. The van der Waals surface area contributed by atoms with Crippen LogP contribution in [0.1, 0.15) is 31.4 Å². The number of anilines is 2. The van der Waals surface area contributed by atoms with E-state index in [1.54, 1.807) is 12.4 Å². The highest BCUT2D eigenvalue weighted by atomic mass is 16.1. The van der Waals surface area contributed by atoms with Gasteiger partial charge in [-0.05, 0) is 50.4 Å². The maximum Gasteiger partial charge on any atom is 0.224 e. The van der Waals surface area contributed by atoms with Crippen LogP contribution in [-0.2, 0) is 11.3 Å². The van der Waals surface area contributed by atoms with Crippen molar-refractivity contribution >= 4 is 17.7 Å². The number of nitrogens with one attached hydrogen (secondary N) is 1. The summed E-state index contributed by atoms with van der Waals surface area (Å²) in [7, 11) is 0. The summed E-state index contributed by atoms with van der Waals surface area (Å²) >= 11 is 0. The van der Waals surface area contributed by atoms with Gasteiger partial charge in [0.2, 0.25) is 11.9 Å². The molecule has 2 aromatic heterocycles. The molecule has 3 N–H and O–H groups in total. The van der Waals surface area contributed by atoms with Crippen molar-refractivity contribution in [1.29, 1.82) is 0 Å². The van der Waals surface area contributed by atoms with E-state index in [2.05, 4.69) is 30.1 Å². The number of carbonyl (C=O) groups is 1. The zero-order valence-electron chi connectivity index (χ0n) is 16.7. The highest BCUT2D eigenvalue weighted by molar-refractivity contribution is 5.78. The van der Waals surface area contributed by atoms with E-state index in [1.807, 2.05) is 24.3 Å². The summed E-state index contributed by atoms with van der Waals surface area (Å²) in [5, 5.41) is 3.06. The molecule has 0 saturated carbocycles. The lowest BCUT2D eigenvalue weighted by Crippen LogP contribution is -2.51. The van der Waals surface area contributed by atoms with Gasteiger partial charge in [0.25, 0.3) is 0 Å². The normalized spacial score (nSPS) is 21.1. The number of nitrogens with two attached hydrogens (primary N) is 1. The molecule has 29 heavy (non-hydrogen) atoms. The van der Waals surface area contributed by atoms with Crippen molar-refractivity contribution in [2.75, 3.05) is 36.8 Å². The summed E-state index contributed by atoms with van der Waals surface area (Å²) in [6.07, 6.45) is 7.65. The van der Waals surface area contributed by atoms with E-state index in [0.717, 1.165) is 63.4 Å². The van der Waals surface area contributed by atoms with Crippen LogP contribution in [0.5, 0.6) is 0 Å². The predicted octanol–water partition coefficient (Wildman–Crippen LogP) is 1.45. The molecular weight excluding hydrogens is 366 g/mol. The molecule has 154 valence electrons. The number of amides is 1. The third-order valence-electron chi connectivity index (χ3n) is 5.96. The summed E-state index contributed by atoms with van der Waals surface area (Å²) in [5.41, 5.74) is 6.61. The van der Waals surface area contributed by atoms with Crippen molar-refractivity contribution in [3.8, 4) is 0 Å². The molecule has 2 aromatic rings. The first-order chi connectivity index (χ1) is 14.2. The number of hydrogen-bond donors (Lipinski definition) is 2. The van der Waals surface area contributed by atoms with E-state index in [0.29, 0.717) is 18.5 Å². The minimum Gasteiger partial charge on any atom is -0.368 e. The molecule has 4 rings (SSSR count). The lowest BCUT2D eigenvalue weighted by atomic mass is 9.93. The molecule has 8 nitrogen and oxygen atoms in total. The largest absolute Gasteiger partial charge is 0.368 e. The minimum absolute atomic E-state index is 0.0622. The first-order valence-electron chi connectivity index (χ1n) is 10.4. The molecule has 0 spiro atoms. The molecule has 0 unspecified atom stereocenters. The molecule has 0 radical (unpaired) electrons. The molecule has 2 aliphatic heterocycles. The molecule has 0 bridgehead atoms. The van der Waals surface area contributed by atoms with E-state index in [-0.39, 0.29) is 11.8 Å². The Hall–Kier alpha value is -2.74. The molecule has 4 heterocycles. The summed E-state index contributed by atoms with van der Waals surface area (Å²) in [5.74, 6) is 1.43. The fourth-order valence-electron chi connectivity index (χ4n) is 4.38.